The summed E-state index contributed by atoms with van der Waals surface area (Å²) in [6, 6.07) is 14.1. The topological polar surface area (TPSA) is 59.0 Å². The van der Waals surface area contributed by atoms with Crippen molar-refractivity contribution in [2.24, 2.45) is 0 Å². The third-order valence-corrected chi connectivity index (χ3v) is 6.26. The van der Waals surface area contributed by atoms with Crippen molar-refractivity contribution in [3.8, 4) is 0 Å². The normalized spacial score (nSPS) is 16.5. The first-order valence-electron chi connectivity index (χ1n) is 10.3. The highest BCUT2D eigenvalue weighted by atomic mass is 32.2. The fraction of sp³-hybridized carbons (Fsp3) is 0.333. The SMILES string of the molecule is CSc1ncccc1C(=O)N1CCC[C@@H](c2nc(C)ncc2Cc2ccccc2)C1. The molecule has 0 saturated carbocycles. The van der Waals surface area contributed by atoms with Crippen LogP contribution in [0, 0.1) is 6.92 Å². The van der Waals surface area contributed by atoms with Crippen LogP contribution in [0.4, 0.5) is 0 Å². The van der Waals surface area contributed by atoms with Gasteiger partial charge in [-0.1, -0.05) is 30.3 Å². The van der Waals surface area contributed by atoms with Gasteiger partial charge in [-0.25, -0.2) is 15.0 Å². The molecule has 5 nitrogen and oxygen atoms in total. The second kappa shape index (κ2) is 9.39. The molecule has 0 aliphatic carbocycles. The van der Waals surface area contributed by atoms with Crippen LogP contribution in [0.15, 0.2) is 59.9 Å². The van der Waals surface area contributed by atoms with Gasteiger partial charge in [-0.2, -0.15) is 0 Å². The second-order valence-electron chi connectivity index (χ2n) is 7.64. The average molecular weight is 419 g/mol. The first kappa shape index (κ1) is 20.5. The van der Waals surface area contributed by atoms with Gasteiger partial charge < -0.3 is 4.90 Å². The van der Waals surface area contributed by atoms with Crippen LogP contribution in [0.1, 0.15) is 51.8 Å². The lowest BCUT2D eigenvalue weighted by Gasteiger charge is -2.33. The van der Waals surface area contributed by atoms with E-state index in [4.69, 9.17) is 4.98 Å². The lowest BCUT2D eigenvalue weighted by Crippen LogP contribution is -2.40. The first-order chi connectivity index (χ1) is 14.7. The molecule has 1 amide bonds. The minimum atomic E-state index is 0.0625. The van der Waals surface area contributed by atoms with Gasteiger partial charge in [0.2, 0.25) is 0 Å². The molecule has 1 saturated heterocycles. The summed E-state index contributed by atoms with van der Waals surface area (Å²) in [6.45, 7) is 3.39. The number of benzene rings is 1. The van der Waals surface area contributed by atoms with Crippen LogP contribution in [0.25, 0.3) is 0 Å². The molecule has 3 aromatic rings. The molecule has 3 heterocycles. The summed E-state index contributed by atoms with van der Waals surface area (Å²) < 4.78 is 0. The van der Waals surface area contributed by atoms with Crippen LogP contribution >= 0.6 is 11.8 Å². The third-order valence-electron chi connectivity index (χ3n) is 5.55. The number of pyridine rings is 1. The summed E-state index contributed by atoms with van der Waals surface area (Å²) >= 11 is 1.51. The van der Waals surface area contributed by atoms with Crippen LogP contribution in [0.2, 0.25) is 0 Å². The van der Waals surface area contributed by atoms with Crippen molar-refractivity contribution in [1.29, 1.82) is 0 Å². The van der Waals surface area contributed by atoms with Crippen LogP contribution in [-0.4, -0.2) is 45.1 Å². The Balaban J connectivity index is 1.59. The number of carbonyl (C=O) groups is 1. The Labute approximate surface area is 182 Å². The predicted molar refractivity (Wildman–Crippen MR) is 120 cm³/mol. The number of aromatic nitrogens is 3. The van der Waals surface area contributed by atoms with E-state index < -0.39 is 0 Å². The van der Waals surface area contributed by atoms with Crippen molar-refractivity contribution in [2.45, 2.75) is 37.1 Å². The van der Waals surface area contributed by atoms with Crippen molar-refractivity contribution in [3.05, 3.63) is 83.1 Å². The Bertz CT molecular complexity index is 1020. The molecule has 4 rings (SSSR count). The molecular weight excluding hydrogens is 392 g/mol. The van der Waals surface area contributed by atoms with E-state index in [2.05, 4.69) is 34.2 Å². The van der Waals surface area contributed by atoms with E-state index in [1.807, 2.05) is 42.5 Å². The molecule has 1 aliphatic rings. The van der Waals surface area contributed by atoms with Gasteiger partial charge in [-0.05, 0) is 49.3 Å². The number of hydrogen-bond donors (Lipinski definition) is 0. The Kier molecular flexibility index (Phi) is 6.43. The van der Waals surface area contributed by atoms with Gasteiger partial charge in [-0.3, -0.25) is 4.79 Å². The number of likely N-dealkylation sites (tertiary alicyclic amines) is 1. The van der Waals surface area contributed by atoms with Gasteiger partial charge in [-0.15, -0.1) is 11.8 Å². The minimum absolute atomic E-state index is 0.0625. The molecule has 1 aromatic carbocycles. The molecule has 0 N–H and O–H groups in total. The third kappa shape index (κ3) is 4.54. The first-order valence-corrected chi connectivity index (χ1v) is 11.5. The minimum Gasteiger partial charge on any atom is -0.338 e. The Morgan fingerprint density at radius 2 is 2.00 bits per heavy atom. The van der Waals surface area contributed by atoms with Crippen molar-refractivity contribution < 1.29 is 4.79 Å². The number of carbonyl (C=O) groups excluding carboxylic acids is 1. The molecule has 6 heteroatoms. The molecule has 30 heavy (non-hydrogen) atoms. The van der Waals surface area contributed by atoms with Crippen molar-refractivity contribution in [2.75, 3.05) is 19.3 Å². The lowest BCUT2D eigenvalue weighted by atomic mass is 9.90. The number of piperidine rings is 1. The summed E-state index contributed by atoms with van der Waals surface area (Å²) in [5.41, 5.74) is 4.17. The monoisotopic (exact) mass is 418 g/mol. The summed E-state index contributed by atoms with van der Waals surface area (Å²) in [5, 5.41) is 0.785. The molecule has 2 aromatic heterocycles. The van der Waals surface area contributed by atoms with Crippen LogP contribution in [-0.2, 0) is 6.42 Å². The molecular formula is C24H26N4OS. The largest absolute Gasteiger partial charge is 0.338 e. The fourth-order valence-corrected chi connectivity index (χ4v) is 4.63. The maximum Gasteiger partial charge on any atom is 0.256 e. The average Bonchev–Trinajstić information content (AvgIpc) is 2.80. The molecule has 1 atom stereocenters. The van der Waals surface area contributed by atoms with Gasteiger partial charge in [0.15, 0.2) is 0 Å². The van der Waals surface area contributed by atoms with E-state index >= 15 is 0 Å². The number of aryl methyl sites for hydroxylation is 1. The van der Waals surface area contributed by atoms with Crippen LogP contribution in [0.3, 0.4) is 0 Å². The zero-order valence-electron chi connectivity index (χ0n) is 17.4. The number of nitrogens with zero attached hydrogens (tertiary/aromatic N) is 4. The zero-order chi connectivity index (χ0) is 20.9. The fourth-order valence-electron chi connectivity index (χ4n) is 4.09. The Hall–Kier alpha value is -2.73. The second-order valence-corrected chi connectivity index (χ2v) is 8.44. The van der Waals surface area contributed by atoms with Gasteiger partial charge >= 0.3 is 0 Å². The Morgan fingerprint density at radius 3 is 2.80 bits per heavy atom. The molecule has 1 fully saturated rings. The standard InChI is InChI=1S/C24H26N4OS/c1-17-26-15-20(14-18-8-4-3-5-9-18)22(27-17)19-10-7-13-28(16-19)24(29)21-11-6-12-25-23(21)30-2/h3-6,8-9,11-12,15,19H,7,10,13-14,16H2,1-2H3/t19-/m1/s1. The number of rotatable bonds is 5. The highest BCUT2D eigenvalue weighted by molar-refractivity contribution is 7.98. The van der Waals surface area contributed by atoms with E-state index in [0.717, 1.165) is 47.9 Å². The highest BCUT2D eigenvalue weighted by Gasteiger charge is 2.29. The van der Waals surface area contributed by atoms with Gasteiger partial charge in [0.05, 0.1) is 11.3 Å². The maximum atomic E-state index is 13.2. The van der Waals surface area contributed by atoms with Crippen molar-refractivity contribution in [1.82, 2.24) is 19.9 Å². The summed E-state index contributed by atoms with van der Waals surface area (Å²) in [7, 11) is 0. The van der Waals surface area contributed by atoms with Crippen LogP contribution in [0.5, 0.6) is 0 Å². The van der Waals surface area contributed by atoms with Gasteiger partial charge in [0.1, 0.15) is 10.9 Å². The van der Waals surface area contributed by atoms with E-state index in [0.29, 0.717) is 12.1 Å². The van der Waals surface area contributed by atoms with Crippen molar-refractivity contribution >= 4 is 17.7 Å². The number of hydrogen-bond acceptors (Lipinski definition) is 5. The van der Waals surface area contributed by atoms with E-state index in [1.165, 1.54) is 17.3 Å². The molecule has 154 valence electrons. The molecule has 0 radical (unpaired) electrons. The Morgan fingerprint density at radius 1 is 1.17 bits per heavy atom. The molecule has 0 spiro atoms. The smallest absolute Gasteiger partial charge is 0.256 e. The quantitative estimate of drug-likeness (QED) is 0.571. The van der Waals surface area contributed by atoms with Gasteiger partial charge in [0, 0.05) is 37.8 Å². The van der Waals surface area contributed by atoms with E-state index in [-0.39, 0.29) is 11.8 Å². The lowest BCUT2D eigenvalue weighted by molar-refractivity contribution is 0.0701. The predicted octanol–water partition coefficient (Wildman–Crippen LogP) is 4.51. The van der Waals surface area contributed by atoms with E-state index in [1.54, 1.807) is 6.20 Å². The zero-order valence-corrected chi connectivity index (χ0v) is 18.2. The van der Waals surface area contributed by atoms with E-state index in [9.17, 15) is 4.79 Å². The van der Waals surface area contributed by atoms with Gasteiger partial charge in [0.25, 0.3) is 5.91 Å². The molecule has 1 aliphatic heterocycles. The molecule has 0 unspecified atom stereocenters. The van der Waals surface area contributed by atoms with Crippen molar-refractivity contribution in [3.63, 3.8) is 0 Å². The molecule has 0 bridgehead atoms. The van der Waals surface area contributed by atoms with Crippen LogP contribution < -0.4 is 0 Å². The number of thioether (sulfide) groups is 1. The maximum absolute atomic E-state index is 13.2. The number of amides is 1. The highest BCUT2D eigenvalue weighted by Crippen LogP contribution is 2.30. The summed E-state index contributed by atoms with van der Waals surface area (Å²) in [4.78, 5) is 28.8. The summed E-state index contributed by atoms with van der Waals surface area (Å²) in [5.74, 6) is 1.06. The summed E-state index contributed by atoms with van der Waals surface area (Å²) in [6.07, 6.45) is 8.46.